The standard InChI is InChI=1S/C16H19Br2NS/c1-2-8-19-11-13(10-15-6-7-16(18)20-15)12-4-3-5-14(17)9-12/h3-7,9,13,19H,2,8,10-11H2,1H3. The molecule has 1 aromatic carbocycles. The maximum atomic E-state index is 3.58. The Balaban J connectivity index is 2.11. The third-order valence-electron chi connectivity index (χ3n) is 3.21. The molecule has 0 spiro atoms. The molecule has 0 amide bonds. The lowest BCUT2D eigenvalue weighted by Gasteiger charge is -2.18. The van der Waals surface area contributed by atoms with Crippen molar-refractivity contribution in [1.82, 2.24) is 5.32 Å². The molecule has 1 nitrogen and oxygen atoms in total. The van der Waals surface area contributed by atoms with Gasteiger partial charge in [-0.3, -0.25) is 0 Å². The van der Waals surface area contributed by atoms with Crippen molar-refractivity contribution in [1.29, 1.82) is 0 Å². The van der Waals surface area contributed by atoms with Crippen LogP contribution in [0.15, 0.2) is 44.7 Å². The van der Waals surface area contributed by atoms with Crippen LogP contribution in [0, 0.1) is 0 Å². The van der Waals surface area contributed by atoms with E-state index in [9.17, 15) is 0 Å². The van der Waals surface area contributed by atoms with E-state index in [0.29, 0.717) is 5.92 Å². The van der Waals surface area contributed by atoms with E-state index in [-0.39, 0.29) is 0 Å². The number of thiophene rings is 1. The van der Waals surface area contributed by atoms with Crippen molar-refractivity contribution in [2.24, 2.45) is 0 Å². The Morgan fingerprint density at radius 3 is 2.70 bits per heavy atom. The van der Waals surface area contributed by atoms with E-state index in [2.05, 4.69) is 80.5 Å². The normalized spacial score (nSPS) is 12.6. The third kappa shape index (κ3) is 4.99. The van der Waals surface area contributed by atoms with E-state index in [4.69, 9.17) is 0 Å². The summed E-state index contributed by atoms with van der Waals surface area (Å²) in [5, 5.41) is 3.56. The van der Waals surface area contributed by atoms with Gasteiger partial charge in [-0.25, -0.2) is 0 Å². The van der Waals surface area contributed by atoms with Crippen molar-refractivity contribution in [3.05, 3.63) is 55.1 Å². The highest BCUT2D eigenvalue weighted by Crippen LogP contribution is 2.29. The molecule has 20 heavy (non-hydrogen) atoms. The molecule has 0 bridgehead atoms. The average molecular weight is 417 g/mol. The lowest BCUT2D eigenvalue weighted by atomic mass is 9.95. The van der Waals surface area contributed by atoms with E-state index in [0.717, 1.165) is 24.0 Å². The summed E-state index contributed by atoms with van der Waals surface area (Å²) >= 11 is 8.96. The first kappa shape index (κ1) is 16.2. The van der Waals surface area contributed by atoms with Gasteiger partial charge in [-0.05, 0) is 65.1 Å². The van der Waals surface area contributed by atoms with Gasteiger partial charge in [-0.15, -0.1) is 11.3 Å². The van der Waals surface area contributed by atoms with Gasteiger partial charge in [0.2, 0.25) is 0 Å². The molecule has 4 heteroatoms. The summed E-state index contributed by atoms with van der Waals surface area (Å²) in [4.78, 5) is 1.43. The van der Waals surface area contributed by atoms with E-state index in [1.54, 1.807) is 0 Å². The topological polar surface area (TPSA) is 12.0 Å². The van der Waals surface area contributed by atoms with Crippen LogP contribution < -0.4 is 5.32 Å². The van der Waals surface area contributed by atoms with Crippen molar-refractivity contribution >= 4 is 43.2 Å². The first-order valence-electron chi connectivity index (χ1n) is 6.89. The minimum atomic E-state index is 0.518. The predicted molar refractivity (Wildman–Crippen MR) is 95.8 cm³/mol. The fourth-order valence-electron chi connectivity index (χ4n) is 2.23. The minimum Gasteiger partial charge on any atom is -0.316 e. The van der Waals surface area contributed by atoms with Crippen LogP contribution in [0.5, 0.6) is 0 Å². The molecule has 0 radical (unpaired) electrons. The molecule has 0 saturated carbocycles. The molecule has 0 saturated heterocycles. The van der Waals surface area contributed by atoms with Crippen LogP contribution >= 0.6 is 43.2 Å². The molecule has 2 aromatic rings. The van der Waals surface area contributed by atoms with Crippen LogP contribution in [-0.4, -0.2) is 13.1 Å². The summed E-state index contributed by atoms with van der Waals surface area (Å²) in [6.07, 6.45) is 2.26. The van der Waals surface area contributed by atoms with Gasteiger partial charge in [-0.2, -0.15) is 0 Å². The molecular formula is C16H19Br2NS. The SMILES string of the molecule is CCCNCC(Cc1ccc(Br)s1)c1cccc(Br)c1. The van der Waals surface area contributed by atoms with Crippen molar-refractivity contribution in [3.63, 3.8) is 0 Å². The van der Waals surface area contributed by atoms with E-state index < -0.39 is 0 Å². The van der Waals surface area contributed by atoms with Gasteiger partial charge in [0.25, 0.3) is 0 Å². The summed E-state index contributed by atoms with van der Waals surface area (Å²) in [6, 6.07) is 13.0. The average Bonchev–Trinajstić information content (AvgIpc) is 2.83. The predicted octanol–water partition coefficient (Wildman–Crippen LogP) is 5.60. The van der Waals surface area contributed by atoms with E-state index in [1.165, 1.54) is 20.6 Å². The largest absolute Gasteiger partial charge is 0.316 e. The van der Waals surface area contributed by atoms with Gasteiger partial charge in [0.15, 0.2) is 0 Å². The first-order valence-corrected chi connectivity index (χ1v) is 9.29. The zero-order chi connectivity index (χ0) is 14.4. The van der Waals surface area contributed by atoms with Gasteiger partial charge in [0.1, 0.15) is 0 Å². The maximum absolute atomic E-state index is 3.58. The Kier molecular flexibility index (Phi) is 6.75. The Hall–Kier alpha value is -0.160. The van der Waals surface area contributed by atoms with Crippen LogP contribution in [0.4, 0.5) is 0 Å². The Labute approximate surface area is 142 Å². The number of rotatable bonds is 7. The number of hydrogen-bond donors (Lipinski definition) is 1. The maximum Gasteiger partial charge on any atom is 0.0701 e. The number of nitrogens with one attached hydrogen (secondary N) is 1. The van der Waals surface area contributed by atoms with E-state index >= 15 is 0 Å². The zero-order valence-electron chi connectivity index (χ0n) is 11.5. The lowest BCUT2D eigenvalue weighted by molar-refractivity contribution is 0.579. The first-order chi connectivity index (χ1) is 9.69. The van der Waals surface area contributed by atoms with Crippen LogP contribution in [-0.2, 0) is 6.42 Å². The number of benzene rings is 1. The Bertz CT molecular complexity index is 539. The Morgan fingerprint density at radius 1 is 1.20 bits per heavy atom. The molecule has 1 atom stereocenters. The molecule has 1 heterocycles. The van der Waals surface area contributed by atoms with Gasteiger partial charge < -0.3 is 5.32 Å². The lowest BCUT2D eigenvalue weighted by Crippen LogP contribution is -2.23. The van der Waals surface area contributed by atoms with Crippen LogP contribution in [0.25, 0.3) is 0 Å². The van der Waals surface area contributed by atoms with Gasteiger partial charge in [-0.1, -0.05) is 35.0 Å². The second-order valence-corrected chi connectivity index (χ2v) is 8.33. The highest BCUT2D eigenvalue weighted by Gasteiger charge is 2.13. The Morgan fingerprint density at radius 2 is 2.05 bits per heavy atom. The second-order valence-electron chi connectivity index (χ2n) is 4.87. The van der Waals surface area contributed by atoms with E-state index in [1.807, 2.05) is 11.3 Å². The highest BCUT2D eigenvalue weighted by molar-refractivity contribution is 9.11. The molecule has 1 N–H and O–H groups in total. The molecule has 0 fully saturated rings. The molecule has 0 aliphatic heterocycles. The summed E-state index contributed by atoms with van der Waals surface area (Å²) in [5.74, 6) is 0.518. The quantitative estimate of drug-likeness (QED) is 0.579. The highest BCUT2D eigenvalue weighted by atomic mass is 79.9. The summed E-state index contributed by atoms with van der Waals surface area (Å²) in [6.45, 7) is 4.32. The fraction of sp³-hybridized carbons (Fsp3) is 0.375. The van der Waals surface area contributed by atoms with Crippen molar-refractivity contribution in [2.45, 2.75) is 25.7 Å². The number of hydrogen-bond acceptors (Lipinski definition) is 2. The van der Waals surface area contributed by atoms with Crippen molar-refractivity contribution < 1.29 is 0 Å². The zero-order valence-corrected chi connectivity index (χ0v) is 15.5. The van der Waals surface area contributed by atoms with Crippen LogP contribution in [0.3, 0.4) is 0 Å². The van der Waals surface area contributed by atoms with Gasteiger partial charge in [0, 0.05) is 21.8 Å². The molecule has 0 aliphatic carbocycles. The summed E-state index contributed by atoms with van der Waals surface area (Å²) in [5.41, 5.74) is 1.40. The molecule has 0 aliphatic rings. The van der Waals surface area contributed by atoms with Crippen molar-refractivity contribution in [2.75, 3.05) is 13.1 Å². The summed E-state index contributed by atoms with van der Waals surface area (Å²) in [7, 11) is 0. The third-order valence-corrected chi connectivity index (χ3v) is 5.35. The monoisotopic (exact) mass is 415 g/mol. The second kappa shape index (κ2) is 8.32. The van der Waals surface area contributed by atoms with Crippen molar-refractivity contribution in [3.8, 4) is 0 Å². The summed E-state index contributed by atoms with van der Waals surface area (Å²) < 4.78 is 2.37. The van der Waals surface area contributed by atoms with Crippen LogP contribution in [0.2, 0.25) is 0 Å². The molecule has 2 rings (SSSR count). The fourth-order valence-corrected chi connectivity index (χ4v) is 4.21. The molecule has 1 unspecified atom stereocenters. The van der Waals surface area contributed by atoms with Gasteiger partial charge in [0.05, 0.1) is 3.79 Å². The number of halogens is 2. The van der Waals surface area contributed by atoms with Gasteiger partial charge >= 0.3 is 0 Å². The minimum absolute atomic E-state index is 0.518. The smallest absolute Gasteiger partial charge is 0.0701 e. The molecule has 1 aromatic heterocycles. The van der Waals surface area contributed by atoms with Crippen LogP contribution in [0.1, 0.15) is 29.7 Å². The molecular weight excluding hydrogens is 398 g/mol. The molecule has 108 valence electrons.